The third-order valence-corrected chi connectivity index (χ3v) is 12.5. The van der Waals surface area contributed by atoms with E-state index in [0.29, 0.717) is 12.8 Å². The van der Waals surface area contributed by atoms with E-state index in [9.17, 15) is 16.8 Å². The molecule has 0 amide bonds. The van der Waals surface area contributed by atoms with Crippen molar-refractivity contribution in [2.24, 2.45) is 11.8 Å². The smallest absolute Gasteiger partial charge is 0.199 e. The van der Waals surface area contributed by atoms with Crippen LogP contribution in [0.25, 0.3) is 0 Å². The minimum Gasteiger partial charge on any atom is -0.222 e. The third kappa shape index (κ3) is 2.84. The van der Waals surface area contributed by atoms with E-state index in [1.165, 1.54) is 24.3 Å². The van der Waals surface area contributed by atoms with Crippen LogP contribution in [0.1, 0.15) is 44.9 Å². The summed E-state index contributed by atoms with van der Waals surface area (Å²) in [6.45, 7) is 0. The number of benzene rings is 2. The lowest BCUT2D eigenvalue weighted by molar-refractivity contribution is 0.155. The van der Waals surface area contributed by atoms with Gasteiger partial charge in [0.15, 0.2) is 23.8 Å². The highest BCUT2D eigenvalue weighted by molar-refractivity contribution is 8.10. The SMILES string of the molecule is O=S(=O)(c1ccccc1)C1(S(=O)(=O)c2ccccc2)CCC[C@H]2CCCC[C@H]21. The molecule has 2 fully saturated rings. The summed E-state index contributed by atoms with van der Waals surface area (Å²) in [7, 11) is -8.18. The Morgan fingerprint density at radius 1 is 0.643 bits per heavy atom. The summed E-state index contributed by atoms with van der Waals surface area (Å²) in [4.78, 5) is 0.224. The minimum absolute atomic E-state index is 0.112. The molecule has 150 valence electrons. The zero-order valence-electron chi connectivity index (χ0n) is 15.8. The third-order valence-electron chi connectivity index (χ3n) is 6.59. The van der Waals surface area contributed by atoms with Crippen LogP contribution < -0.4 is 0 Å². The number of hydrogen-bond donors (Lipinski definition) is 0. The van der Waals surface area contributed by atoms with Gasteiger partial charge in [-0.2, -0.15) is 0 Å². The lowest BCUT2D eigenvalue weighted by atomic mass is 9.70. The van der Waals surface area contributed by atoms with Crippen molar-refractivity contribution in [2.75, 3.05) is 0 Å². The monoisotopic (exact) mass is 418 g/mol. The van der Waals surface area contributed by atoms with Crippen molar-refractivity contribution >= 4 is 19.7 Å². The van der Waals surface area contributed by atoms with Crippen molar-refractivity contribution in [3.8, 4) is 0 Å². The normalized spacial score (nSPS) is 25.0. The molecule has 4 nitrogen and oxygen atoms in total. The molecular weight excluding hydrogens is 392 g/mol. The van der Waals surface area contributed by atoms with E-state index in [1.54, 1.807) is 36.4 Å². The molecule has 2 saturated carbocycles. The Balaban J connectivity index is 2.00. The van der Waals surface area contributed by atoms with Crippen molar-refractivity contribution < 1.29 is 16.8 Å². The number of sulfone groups is 2. The van der Waals surface area contributed by atoms with E-state index in [-0.39, 0.29) is 28.0 Å². The van der Waals surface area contributed by atoms with Gasteiger partial charge in [0, 0.05) is 0 Å². The van der Waals surface area contributed by atoms with Crippen LogP contribution >= 0.6 is 0 Å². The molecule has 2 aliphatic rings. The average molecular weight is 419 g/mol. The summed E-state index contributed by atoms with van der Waals surface area (Å²) in [6, 6.07) is 16.3. The molecule has 0 bridgehead atoms. The van der Waals surface area contributed by atoms with Gasteiger partial charge in [-0.1, -0.05) is 68.5 Å². The van der Waals surface area contributed by atoms with E-state index >= 15 is 0 Å². The number of fused-ring (bicyclic) bond motifs is 1. The van der Waals surface area contributed by atoms with Gasteiger partial charge in [0.25, 0.3) is 0 Å². The predicted octanol–water partition coefficient (Wildman–Crippen LogP) is 4.62. The summed E-state index contributed by atoms with van der Waals surface area (Å²) < 4.78 is 54.2. The highest BCUT2D eigenvalue weighted by atomic mass is 32.3. The van der Waals surface area contributed by atoms with Crippen molar-refractivity contribution in [1.82, 2.24) is 0 Å². The molecule has 2 aromatic carbocycles. The zero-order chi connectivity index (χ0) is 19.8. The average Bonchev–Trinajstić information content (AvgIpc) is 2.74. The quantitative estimate of drug-likeness (QED) is 0.726. The molecule has 28 heavy (non-hydrogen) atoms. The predicted molar refractivity (Wildman–Crippen MR) is 109 cm³/mol. The molecule has 0 heterocycles. The van der Waals surface area contributed by atoms with Gasteiger partial charge in [0.2, 0.25) is 0 Å². The molecule has 2 atom stereocenters. The Morgan fingerprint density at radius 2 is 1.11 bits per heavy atom. The van der Waals surface area contributed by atoms with Gasteiger partial charge in [-0.15, -0.1) is 0 Å². The van der Waals surface area contributed by atoms with Gasteiger partial charge in [0.1, 0.15) is 0 Å². The Kier molecular flexibility index (Phi) is 5.12. The summed E-state index contributed by atoms with van der Waals surface area (Å²) in [5.41, 5.74) is 0. The fraction of sp³-hybridized carbons (Fsp3) is 0.455. The van der Waals surface area contributed by atoms with Crippen LogP contribution in [-0.4, -0.2) is 20.9 Å². The summed E-state index contributed by atoms with van der Waals surface area (Å²) >= 11 is 0. The maximum Gasteiger partial charge on any atom is 0.199 e. The molecule has 0 aliphatic heterocycles. The van der Waals surface area contributed by atoms with E-state index in [1.807, 2.05) is 0 Å². The Hall–Kier alpha value is -1.66. The first kappa shape index (κ1) is 19.6. The van der Waals surface area contributed by atoms with Crippen molar-refractivity contribution in [1.29, 1.82) is 0 Å². The molecular formula is C22H26O4S2. The standard InChI is InChI=1S/C22H26O4S2/c23-27(24,19-12-3-1-4-13-19)22(28(25,26)20-14-5-2-6-15-20)17-9-11-18-10-7-8-16-21(18)22/h1-6,12-15,18,21H,7-11,16-17H2/t18-,21-/m1/s1. The molecule has 0 N–H and O–H groups in total. The molecule has 0 spiro atoms. The first-order valence-corrected chi connectivity index (χ1v) is 13.0. The second kappa shape index (κ2) is 7.30. The molecule has 2 aromatic rings. The summed E-state index contributed by atoms with van der Waals surface area (Å²) in [5.74, 6) is -0.204. The van der Waals surface area contributed by atoms with Crippen molar-refractivity contribution in [3.63, 3.8) is 0 Å². The second-order valence-electron chi connectivity index (χ2n) is 7.99. The van der Waals surface area contributed by atoms with Crippen LogP contribution in [0.5, 0.6) is 0 Å². The molecule has 0 aromatic heterocycles. The fourth-order valence-corrected chi connectivity index (χ4v) is 11.1. The molecule has 2 aliphatic carbocycles. The lowest BCUT2D eigenvalue weighted by Gasteiger charge is -2.48. The maximum absolute atomic E-state index is 14.0. The minimum atomic E-state index is -4.09. The molecule has 6 heteroatoms. The second-order valence-corrected chi connectivity index (χ2v) is 12.7. The fourth-order valence-electron chi connectivity index (χ4n) is 5.34. The molecule has 0 unspecified atom stereocenters. The molecule has 4 rings (SSSR count). The number of rotatable bonds is 4. The van der Waals surface area contributed by atoms with E-state index in [2.05, 4.69) is 0 Å². The van der Waals surface area contributed by atoms with Crippen molar-refractivity contribution in [2.45, 2.75) is 58.8 Å². The summed E-state index contributed by atoms with van der Waals surface area (Å²) in [6.07, 6.45) is 5.22. The maximum atomic E-state index is 14.0. The van der Waals surface area contributed by atoms with Crippen LogP contribution in [-0.2, 0) is 19.7 Å². The van der Waals surface area contributed by atoms with E-state index in [4.69, 9.17) is 0 Å². The van der Waals surface area contributed by atoms with Crippen LogP contribution in [0.3, 0.4) is 0 Å². The molecule has 0 saturated heterocycles. The first-order chi connectivity index (χ1) is 13.4. The van der Waals surface area contributed by atoms with Gasteiger partial charge in [-0.25, -0.2) is 16.8 Å². The van der Waals surface area contributed by atoms with Crippen LogP contribution in [0.15, 0.2) is 70.5 Å². The van der Waals surface area contributed by atoms with Crippen LogP contribution in [0.2, 0.25) is 0 Å². The largest absolute Gasteiger partial charge is 0.222 e. The van der Waals surface area contributed by atoms with Crippen LogP contribution in [0.4, 0.5) is 0 Å². The first-order valence-electron chi connectivity index (χ1n) is 10.0. The Bertz CT molecular complexity index is 957. The van der Waals surface area contributed by atoms with Gasteiger partial charge in [-0.3, -0.25) is 0 Å². The van der Waals surface area contributed by atoms with Gasteiger partial charge >= 0.3 is 0 Å². The van der Waals surface area contributed by atoms with E-state index < -0.39 is 23.8 Å². The van der Waals surface area contributed by atoms with Gasteiger partial charge < -0.3 is 0 Å². The Labute approximate surface area is 167 Å². The number of hydrogen-bond acceptors (Lipinski definition) is 4. The van der Waals surface area contributed by atoms with Crippen molar-refractivity contribution in [3.05, 3.63) is 60.7 Å². The topological polar surface area (TPSA) is 68.3 Å². The highest BCUT2D eigenvalue weighted by Crippen LogP contribution is 2.55. The Morgan fingerprint density at radius 3 is 1.64 bits per heavy atom. The highest BCUT2D eigenvalue weighted by Gasteiger charge is 2.63. The zero-order valence-corrected chi connectivity index (χ0v) is 17.5. The lowest BCUT2D eigenvalue weighted by Crippen LogP contribution is -2.57. The van der Waals surface area contributed by atoms with Crippen LogP contribution in [0, 0.1) is 11.8 Å². The van der Waals surface area contributed by atoms with Gasteiger partial charge in [0.05, 0.1) is 9.79 Å². The summed E-state index contributed by atoms with van der Waals surface area (Å²) in [5, 5.41) is 0. The molecule has 0 radical (unpaired) electrons. The van der Waals surface area contributed by atoms with Gasteiger partial charge in [-0.05, 0) is 48.9 Å². The van der Waals surface area contributed by atoms with E-state index in [0.717, 1.165) is 25.7 Å².